The van der Waals surface area contributed by atoms with Crippen molar-refractivity contribution >= 4 is 46.4 Å². The number of halogens is 5. The molecule has 0 aromatic heterocycles. The molecule has 0 saturated carbocycles. The molecule has 11 heteroatoms. The standard InChI is InChI=1S/C25H21Cl2F3N4O2/c1-14(15-2-5-17(6-3-15)25(28,29)30)34-11-9-32-22(24(34)36)18-13-33(10-8-21(18)31)23(35)16-4-7-19(26)20(27)12-16/h2-7,12,31-32H,1,8-11,13H2/b22-18-,31-21?. The first-order valence-corrected chi connectivity index (χ1v) is 11.7. The normalized spacial score (nSPS) is 18.8. The second-order valence-electron chi connectivity index (χ2n) is 8.34. The Morgan fingerprint density at radius 2 is 1.69 bits per heavy atom. The van der Waals surface area contributed by atoms with Crippen molar-refractivity contribution in [2.45, 2.75) is 12.6 Å². The highest BCUT2D eigenvalue weighted by Crippen LogP contribution is 2.31. The van der Waals surface area contributed by atoms with E-state index in [2.05, 4.69) is 11.9 Å². The number of alkyl halides is 3. The predicted molar refractivity (Wildman–Crippen MR) is 132 cm³/mol. The fraction of sp³-hybridized carbons (Fsp3) is 0.240. The lowest BCUT2D eigenvalue weighted by Gasteiger charge is -2.35. The lowest BCUT2D eigenvalue weighted by atomic mass is 9.97. The number of nitrogens with zero attached hydrogens (tertiary/aromatic N) is 2. The number of rotatable bonds is 3. The molecule has 2 aliphatic rings. The number of piperazine rings is 1. The van der Waals surface area contributed by atoms with Crippen molar-refractivity contribution < 1.29 is 22.8 Å². The van der Waals surface area contributed by atoms with Crippen LogP contribution in [-0.2, 0) is 11.0 Å². The van der Waals surface area contributed by atoms with Gasteiger partial charge in [-0.25, -0.2) is 0 Å². The highest BCUT2D eigenvalue weighted by Gasteiger charge is 2.34. The molecular formula is C25H21Cl2F3N4O2. The third kappa shape index (κ3) is 5.12. The molecule has 2 aromatic rings. The number of hydrogen-bond donors (Lipinski definition) is 2. The average Bonchev–Trinajstić information content (AvgIpc) is 2.85. The molecule has 6 nitrogen and oxygen atoms in total. The van der Waals surface area contributed by atoms with Gasteiger partial charge >= 0.3 is 6.18 Å². The summed E-state index contributed by atoms with van der Waals surface area (Å²) in [5, 5.41) is 12.0. The van der Waals surface area contributed by atoms with Gasteiger partial charge in [0.05, 0.1) is 15.6 Å². The van der Waals surface area contributed by atoms with E-state index < -0.39 is 17.6 Å². The van der Waals surface area contributed by atoms with Crippen LogP contribution in [0.5, 0.6) is 0 Å². The molecule has 2 aliphatic heterocycles. The molecule has 0 radical (unpaired) electrons. The third-order valence-electron chi connectivity index (χ3n) is 6.07. The molecule has 188 valence electrons. The minimum atomic E-state index is -4.47. The number of amides is 2. The van der Waals surface area contributed by atoms with Crippen LogP contribution < -0.4 is 5.32 Å². The predicted octanol–water partition coefficient (Wildman–Crippen LogP) is 5.23. The Labute approximate surface area is 215 Å². The Kier molecular flexibility index (Phi) is 7.15. The van der Waals surface area contributed by atoms with E-state index in [1.165, 1.54) is 34.1 Å². The van der Waals surface area contributed by atoms with Crippen molar-refractivity contribution in [3.8, 4) is 0 Å². The van der Waals surface area contributed by atoms with Crippen LogP contribution in [0.3, 0.4) is 0 Å². The lowest BCUT2D eigenvalue weighted by molar-refractivity contribution is -0.137. The molecule has 4 rings (SSSR count). The van der Waals surface area contributed by atoms with Crippen molar-refractivity contribution in [2.24, 2.45) is 0 Å². The van der Waals surface area contributed by atoms with Crippen LogP contribution in [0, 0.1) is 5.41 Å². The van der Waals surface area contributed by atoms with E-state index in [-0.39, 0.29) is 47.5 Å². The summed E-state index contributed by atoms with van der Waals surface area (Å²) in [7, 11) is 0. The van der Waals surface area contributed by atoms with Gasteiger partial charge in [0.15, 0.2) is 0 Å². The molecule has 2 heterocycles. The highest BCUT2D eigenvalue weighted by molar-refractivity contribution is 6.42. The molecule has 2 aromatic carbocycles. The van der Waals surface area contributed by atoms with Crippen LogP contribution in [0.15, 0.2) is 60.3 Å². The van der Waals surface area contributed by atoms with Crippen molar-refractivity contribution in [1.82, 2.24) is 15.1 Å². The molecule has 2 saturated heterocycles. The minimum Gasteiger partial charge on any atom is -0.378 e. The van der Waals surface area contributed by atoms with Crippen LogP contribution in [0.1, 0.15) is 27.9 Å². The van der Waals surface area contributed by atoms with Crippen molar-refractivity contribution in [3.63, 3.8) is 0 Å². The molecule has 0 unspecified atom stereocenters. The SMILES string of the molecule is C=C(c1ccc(C(F)(F)F)cc1)N1CCN/C(=C2/CN(C(=O)c3ccc(Cl)c(Cl)c3)CCC2=N)C1=O. The molecule has 0 atom stereocenters. The Morgan fingerprint density at radius 1 is 1.03 bits per heavy atom. The maximum Gasteiger partial charge on any atom is 0.416 e. The van der Waals surface area contributed by atoms with Gasteiger partial charge in [-0.1, -0.05) is 41.9 Å². The summed E-state index contributed by atoms with van der Waals surface area (Å²) < 4.78 is 38.7. The van der Waals surface area contributed by atoms with Gasteiger partial charge < -0.3 is 20.5 Å². The first-order chi connectivity index (χ1) is 17.0. The smallest absolute Gasteiger partial charge is 0.378 e. The Balaban J connectivity index is 1.57. The number of nitrogens with one attached hydrogen (secondary N) is 2. The van der Waals surface area contributed by atoms with Gasteiger partial charge in [0.25, 0.3) is 11.8 Å². The highest BCUT2D eigenvalue weighted by atomic mass is 35.5. The fourth-order valence-electron chi connectivity index (χ4n) is 4.08. The zero-order valence-corrected chi connectivity index (χ0v) is 20.4. The van der Waals surface area contributed by atoms with E-state index in [4.69, 9.17) is 28.6 Å². The van der Waals surface area contributed by atoms with E-state index in [9.17, 15) is 22.8 Å². The molecule has 2 N–H and O–H groups in total. The number of piperidine rings is 1. The average molecular weight is 537 g/mol. The van der Waals surface area contributed by atoms with Crippen LogP contribution >= 0.6 is 23.2 Å². The summed E-state index contributed by atoms with van der Waals surface area (Å²) in [5.41, 5.74) is 0.942. The molecule has 2 fully saturated rings. The maximum atomic E-state index is 13.4. The topological polar surface area (TPSA) is 76.5 Å². The summed E-state index contributed by atoms with van der Waals surface area (Å²) >= 11 is 12.0. The van der Waals surface area contributed by atoms with Gasteiger partial charge in [-0.3, -0.25) is 9.59 Å². The van der Waals surface area contributed by atoms with Crippen LogP contribution in [0.4, 0.5) is 13.2 Å². The van der Waals surface area contributed by atoms with Gasteiger partial charge in [0.2, 0.25) is 0 Å². The van der Waals surface area contributed by atoms with E-state index in [0.29, 0.717) is 34.8 Å². The van der Waals surface area contributed by atoms with Crippen molar-refractivity contribution in [2.75, 3.05) is 26.2 Å². The van der Waals surface area contributed by atoms with Gasteiger partial charge in [0, 0.05) is 55.1 Å². The van der Waals surface area contributed by atoms with Gasteiger partial charge in [0.1, 0.15) is 5.70 Å². The van der Waals surface area contributed by atoms with Crippen LogP contribution in [0.2, 0.25) is 10.0 Å². The quantitative estimate of drug-likeness (QED) is 0.527. The summed E-state index contributed by atoms with van der Waals surface area (Å²) in [6.45, 7) is 4.84. The minimum absolute atomic E-state index is 0.0343. The number of hydrogen-bond acceptors (Lipinski definition) is 4. The summed E-state index contributed by atoms with van der Waals surface area (Å²) in [5.74, 6) is -0.775. The van der Waals surface area contributed by atoms with Crippen molar-refractivity contribution in [1.29, 1.82) is 5.41 Å². The zero-order valence-electron chi connectivity index (χ0n) is 18.9. The largest absolute Gasteiger partial charge is 0.416 e. The first-order valence-electron chi connectivity index (χ1n) is 10.9. The fourth-order valence-corrected chi connectivity index (χ4v) is 4.38. The second-order valence-corrected chi connectivity index (χ2v) is 9.16. The summed E-state index contributed by atoms with van der Waals surface area (Å²) in [6.07, 6.45) is -4.22. The van der Waals surface area contributed by atoms with E-state index in [0.717, 1.165) is 12.1 Å². The van der Waals surface area contributed by atoms with Crippen LogP contribution in [0.25, 0.3) is 5.70 Å². The van der Waals surface area contributed by atoms with Gasteiger partial charge in [-0.15, -0.1) is 0 Å². The zero-order chi connectivity index (χ0) is 26.2. The number of carbonyl (C=O) groups is 2. The Morgan fingerprint density at radius 3 is 2.33 bits per heavy atom. The van der Waals surface area contributed by atoms with Gasteiger partial charge in [-0.05, 0) is 35.9 Å². The van der Waals surface area contributed by atoms with Gasteiger partial charge in [-0.2, -0.15) is 13.2 Å². The number of carbonyl (C=O) groups excluding carboxylic acids is 2. The van der Waals surface area contributed by atoms with Crippen molar-refractivity contribution in [3.05, 3.63) is 87.0 Å². The monoisotopic (exact) mass is 536 g/mol. The lowest BCUT2D eigenvalue weighted by Crippen LogP contribution is -2.49. The summed E-state index contributed by atoms with van der Waals surface area (Å²) in [4.78, 5) is 29.3. The second kappa shape index (κ2) is 9.99. The maximum absolute atomic E-state index is 13.4. The third-order valence-corrected chi connectivity index (χ3v) is 6.81. The molecular weight excluding hydrogens is 516 g/mol. The van der Waals surface area contributed by atoms with Crippen LogP contribution in [-0.4, -0.2) is 53.5 Å². The molecule has 2 amide bonds. The molecule has 0 aliphatic carbocycles. The Hall–Kier alpha value is -3.30. The van der Waals surface area contributed by atoms with E-state index >= 15 is 0 Å². The number of benzene rings is 2. The first kappa shape index (κ1) is 25.8. The van der Waals surface area contributed by atoms with E-state index in [1.54, 1.807) is 6.07 Å². The summed E-state index contributed by atoms with van der Waals surface area (Å²) in [6, 6.07) is 8.98. The van der Waals surface area contributed by atoms with E-state index in [1.807, 2.05) is 0 Å². The molecule has 0 bridgehead atoms. The number of likely N-dealkylation sites (tertiary alicyclic amines) is 1. The molecule has 0 spiro atoms. The Bertz CT molecular complexity index is 1290. The molecule has 36 heavy (non-hydrogen) atoms.